The summed E-state index contributed by atoms with van der Waals surface area (Å²) in [6, 6.07) is 0. The molecule has 0 aromatic carbocycles. The lowest BCUT2D eigenvalue weighted by Crippen LogP contribution is -2.58. The Morgan fingerprint density at radius 1 is 1.05 bits per heavy atom. The molecule has 1 spiro atoms. The first kappa shape index (κ1) is 13.8. The summed E-state index contributed by atoms with van der Waals surface area (Å²) in [5.41, 5.74) is 2.20. The maximum Gasteiger partial charge on any atom is 0.155 e. The molecule has 0 radical (unpaired) electrons. The largest absolute Gasteiger partial charge is 0.374 e. The minimum Gasteiger partial charge on any atom is -0.374 e. The summed E-state index contributed by atoms with van der Waals surface area (Å²) in [6.07, 6.45) is 13.2. The molecule has 0 N–H and O–H groups in total. The Morgan fingerprint density at radius 2 is 1.91 bits per heavy atom. The molecule has 3 saturated carbocycles. The summed E-state index contributed by atoms with van der Waals surface area (Å²) in [5, 5.41) is 0. The third-order valence-corrected chi connectivity index (χ3v) is 8.47. The maximum absolute atomic E-state index is 11.8. The predicted molar refractivity (Wildman–Crippen MR) is 85.4 cm³/mol. The SMILES string of the molecule is C[C@]12CC[C@H]3[C@H](CCC4=CC(=O)CC[C@H]43)[C@H]1CC[C@@]21CCO1. The van der Waals surface area contributed by atoms with Gasteiger partial charge in [0.1, 0.15) is 0 Å². The highest BCUT2D eigenvalue weighted by Gasteiger charge is 2.65. The lowest BCUT2D eigenvalue weighted by molar-refractivity contribution is -0.224. The zero-order valence-corrected chi connectivity index (χ0v) is 13.8. The molecule has 1 heterocycles. The number of ketones is 1. The van der Waals surface area contributed by atoms with Crippen LogP contribution in [0.3, 0.4) is 0 Å². The van der Waals surface area contributed by atoms with E-state index in [1.54, 1.807) is 0 Å². The summed E-state index contributed by atoms with van der Waals surface area (Å²) in [6.45, 7) is 3.55. The molecule has 22 heavy (non-hydrogen) atoms. The highest BCUT2D eigenvalue weighted by Crippen LogP contribution is 2.68. The molecule has 2 nitrogen and oxygen atoms in total. The summed E-state index contributed by atoms with van der Waals surface area (Å²) in [5.74, 6) is 3.76. The van der Waals surface area contributed by atoms with E-state index in [4.69, 9.17) is 4.74 Å². The molecule has 0 aromatic rings. The van der Waals surface area contributed by atoms with Gasteiger partial charge in [0.25, 0.3) is 0 Å². The number of rotatable bonds is 0. The van der Waals surface area contributed by atoms with Gasteiger partial charge < -0.3 is 4.74 Å². The number of hydrogen-bond donors (Lipinski definition) is 0. The molecule has 6 atom stereocenters. The van der Waals surface area contributed by atoms with Gasteiger partial charge in [-0.05, 0) is 80.1 Å². The first-order chi connectivity index (χ1) is 10.6. The first-order valence-electron chi connectivity index (χ1n) is 9.50. The van der Waals surface area contributed by atoms with E-state index < -0.39 is 0 Å². The smallest absolute Gasteiger partial charge is 0.155 e. The van der Waals surface area contributed by atoms with Crippen molar-refractivity contribution in [3.8, 4) is 0 Å². The Morgan fingerprint density at radius 3 is 2.68 bits per heavy atom. The van der Waals surface area contributed by atoms with E-state index in [1.807, 2.05) is 6.08 Å². The van der Waals surface area contributed by atoms with Crippen molar-refractivity contribution in [3.05, 3.63) is 11.6 Å². The Labute approximate surface area is 133 Å². The summed E-state index contributed by atoms with van der Waals surface area (Å²) in [4.78, 5) is 11.8. The fourth-order valence-electron chi connectivity index (χ4n) is 7.27. The first-order valence-corrected chi connectivity index (χ1v) is 9.50. The monoisotopic (exact) mass is 300 g/mol. The van der Waals surface area contributed by atoms with Crippen LogP contribution in [0.15, 0.2) is 11.6 Å². The molecule has 0 bridgehead atoms. The van der Waals surface area contributed by atoms with E-state index in [-0.39, 0.29) is 5.60 Å². The van der Waals surface area contributed by atoms with Gasteiger partial charge in [-0.3, -0.25) is 4.79 Å². The number of carbonyl (C=O) groups is 1. The second kappa shape index (κ2) is 4.47. The van der Waals surface area contributed by atoms with Gasteiger partial charge in [-0.1, -0.05) is 12.5 Å². The van der Waals surface area contributed by atoms with Crippen LogP contribution in [0.25, 0.3) is 0 Å². The van der Waals surface area contributed by atoms with Gasteiger partial charge in [0.15, 0.2) is 5.78 Å². The standard InChI is InChI=1S/C20H28O2/c1-19-8-6-16-15-5-3-14(21)12-13(15)2-4-17(16)18(19)7-9-20(19)10-11-22-20/h12,15-18H,2-11H2,1H3/t15-,16-,17+,18-,19+,20-/m1/s1. The normalized spacial score (nSPS) is 53.3. The Hall–Kier alpha value is -0.630. The van der Waals surface area contributed by atoms with Gasteiger partial charge in [0.05, 0.1) is 12.2 Å². The maximum atomic E-state index is 11.8. The molecule has 4 aliphatic carbocycles. The van der Waals surface area contributed by atoms with Gasteiger partial charge in [0.2, 0.25) is 0 Å². The molecule has 5 rings (SSSR count). The molecule has 0 unspecified atom stereocenters. The molecule has 0 amide bonds. The second-order valence-electron chi connectivity index (χ2n) is 8.89. The van der Waals surface area contributed by atoms with E-state index in [0.717, 1.165) is 43.1 Å². The van der Waals surface area contributed by atoms with Crippen LogP contribution in [-0.4, -0.2) is 18.0 Å². The van der Waals surface area contributed by atoms with Crippen molar-refractivity contribution < 1.29 is 9.53 Å². The third-order valence-electron chi connectivity index (χ3n) is 8.47. The fourth-order valence-corrected chi connectivity index (χ4v) is 7.27. The van der Waals surface area contributed by atoms with Crippen LogP contribution in [0.4, 0.5) is 0 Å². The highest BCUT2D eigenvalue weighted by molar-refractivity contribution is 5.91. The van der Waals surface area contributed by atoms with Crippen molar-refractivity contribution >= 4 is 5.78 Å². The van der Waals surface area contributed by atoms with Crippen LogP contribution >= 0.6 is 0 Å². The van der Waals surface area contributed by atoms with E-state index in [9.17, 15) is 4.79 Å². The Balaban J connectivity index is 1.46. The summed E-state index contributed by atoms with van der Waals surface area (Å²) >= 11 is 0. The minimum atomic E-state index is 0.251. The molecular formula is C20H28O2. The topological polar surface area (TPSA) is 26.3 Å². The number of hydrogen-bond acceptors (Lipinski definition) is 2. The zero-order valence-electron chi connectivity index (χ0n) is 13.8. The van der Waals surface area contributed by atoms with Crippen LogP contribution in [0.2, 0.25) is 0 Å². The molecule has 120 valence electrons. The molecular weight excluding hydrogens is 272 g/mol. The van der Waals surface area contributed by atoms with Crippen LogP contribution in [0, 0.1) is 29.1 Å². The van der Waals surface area contributed by atoms with Crippen LogP contribution in [-0.2, 0) is 9.53 Å². The minimum absolute atomic E-state index is 0.251. The van der Waals surface area contributed by atoms with Crippen molar-refractivity contribution in [3.63, 3.8) is 0 Å². The molecule has 4 fully saturated rings. The van der Waals surface area contributed by atoms with Gasteiger partial charge in [0, 0.05) is 12.8 Å². The number of allylic oxidation sites excluding steroid dienone is 1. The third kappa shape index (κ3) is 1.58. The molecule has 5 aliphatic rings. The second-order valence-corrected chi connectivity index (χ2v) is 8.89. The summed E-state index contributed by atoms with van der Waals surface area (Å²) < 4.78 is 6.20. The van der Waals surface area contributed by atoms with Crippen molar-refractivity contribution in [1.29, 1.82) is 0 Å². The van der Waals surface area contributed by atoms with Crippen LogP contribution < -0.4 is 0 Å². The highest BCUT2D eigenvalue weighted by atomic mass is 16.5. The molecule has 0 aromatic heterocycles. The average molecular weight is 300 g/mol. The van der Waals surface area contributed by atoms with Crippen molar-refractivity contribution in [2.75, 3.05) is 6.61 Å². The molecule has 2 heteroatoms. The number of carbonyl (C=O) groups excluding carboxylic acids is 1. The average Bonchev–Trinajstić information content (AvgIpc) is 2.79. The fraction of sp³-hybridized carbons (Fsp3) is 0.850. The van der Waals surface area contributed by atoms with Crippen molar-refractivity contribution in [2.45, 2.75) is 70.3 Å². The zero-order chi connectivity index (χ0) is 14.9. The van der Waals surface area contributed by atoms with Crippen molar-refractivity contribution in [2.24, 2.45) is 29.1 Å². The van der Waals surface area contributed by atoms with Crippen molar-refractivity contribution in [1.82, 2.24) is 0 Å². The van der Waals surface area contributed by atoms with E-state index in [0.29, 0.717) is 11.2 Å². The Bertz CT molecular complexity index is 544. The molecule has 1 saturated heterocycles. The lowest BCUT2D eigenvalue weighted by atomic mass is 9.50. The summed E-state index contributed by atoms with van der Waals surface area (Å²) in [7, 11) is 0. The van der Waals surface area contributed by atoms with E-state index >= 15 is 0 Å². The van der Waals surface area contributed by atoms with Gasteiger partial charge in [-0.2, -0.15) is 0 Å². The van der Waals surface area contributed by atoms with E-state index in [2.05, 4.69) is 6.92 Å². The van der Waals surface area contributed by atoms with Gasteiger partial charge in [-0.25, -0.2) is 0 Å². The van der Waals surface area contributed by atoms with E-state index in [1.165, 1.54) is 50.5 Å². The quantitative estimate of drug-likeness (QED) is 0.667. The number of ether oxygens (including phenoxy) is 1. The lowest BCUT2D eigenvalue weighted by Gasteiger charge is -2.59. The van der Waals surface area contributed by atoms with Crippen LogP contribution in [0.1, 0.15) is 64.7 Å². The van der Waals surface area contributed by atoms with Gasteiger partial charge in [-0.15, -0.1) is 0 Å². The predicted octanol–water partition coefficient (Wildman–Crippen LogP) is 4.29. The number of fused-ring (bicyclic) bond motifs is 6. The Kier molecular flexibility index (Phi) is 2.80. The van der Waals surface area contributed by atoms with Gasteiger partial charge >= 0.3 is 0 Å². The van der Waals surface area contributed by atoms with Crippen LogP contribution in [0.5, 0.6) is 0 Å². The molecule has 1 aliphatic heterocycles.